The van der Waals surface area contributed by atoms with Gasteiger partial charge in [-0.05, 0) is 254 Å². The molecule has 0 bridgehead atoms. The number of rotatable bonds is 27. The number of aliphatic hydroxyl groups excluding tert-OH is 4. The van der Waals surface area contributed by atoms with Crippen molar-refractivity contribution in [1.82, 2.24) is 62.9 Å². The van der Waals surface area contributed by atoms with Gasteiger partial charge in [0.15, 0.2) is 11.5 Å². The first-order valence-corrected chi connectivity index (χ1v) is 55.0. The van der Waals surface area contributed by atoms with Crippen LogP contribution < -0.4 is 25.4 Å². The number of fused-ring (bicyclic) bond motifs is 5. The number of nitrogens with one attached hydrogen (secondary N) is 3. The smallest absolute Gasteiger partial charge is 0.356 e. The van der Waals surface area contributed by atoms with Crippen LogP contribution in [0.5, 0.6) is 11.5 Å². The van der Waals surface area contributed by atoms with Gasteiger partial charge < -0.3 is 78.6 Å². The molecular formula is C106H132Br3N13O15S4. The lowest BCUT2D eigenvalue weighted by molar-refractivity contribution is 0.0518. The molecule has 28 nitrogen and oxygen atoms in total. The Morgan fingerprint density at radius 2 is 0.787 bits per heavy atom. The van der Waals surface area contributed by atoms with Gasteiger partial charge in [0.1, 0.15) is 41.8 Å². The van der Waals surface area contributed by atoms with E-state index in [2.05, 4.69) is 99.2 Å². The fourth-order valence-corrected chi connectivity index (χ4v) is 25.4. The fourth-order valence-electron chi connectivity index (χ4n) is 18.6. The molecule has 2 saturated heterocycles. The molecule has 0 aliphatic carbocycles. The Labute approximate surface area is 867 Å². The monoisotopic (exact) mass is 2190 g/mol. The quantitative estimate of drug-likeness (QED) is 0.0143. The third-order valence-electron chi connectivity index (χ3n) is 25.2. The summed E-state index contributed by atoms with van der Waals surface area (Å²) in [5.74, 6) is 6.42. The Morgan fingerprint density at radius 3 is 1.12 bits per heavy atom. The molecule has 11 heterocycles. The van der Waals surface area contributed by atoms with E-state index in [-0.39, 0.29) is 105 Å². The van der Waals surface area contributed by atoms with Crippen LogP contribution in [0.25, 0.3) is 45.0 Å². The number of ether oxygens (including phenoxy) is 3. The number of esters is 1. The first-order chi connectivity index (χ1) is 67.1. The molecular weight excluding hydrogens is 2060 g/mol. The fraction of sp³-hybridized carbons (Fsp3) is 0.472. The average Bonchev–Trinajstić information content (AvgIpc) is 1.61. The molecule has 9 aromatic rings. The van der Waals surface area contributed by atoms with Gasteiger partial charge in [-0.15, -0.1) is 17.2 Å². The van der Waals surface area contributed by atoms with Crippen molar-refractivity contribution >= 4 is 117 Å². The Hall–Kier alpha value is -7.98. The van der Waals surface area contributed by atoms with Crippen molar-refractivity contribution in [2.75, 3.05) is 79.1 Å². The van der Waals surface area contributed by atoms with Gasteiger partial charge in [0.25, 0.3) is 17.7 Å². The van der Waals surface area contributed by atoms with Crippen LogP contribution in [0.4, 0.5) is 0 Å². The summed E-state index contributed by atoms with van der Waals surface area (Å²) in [4.78, 5) is 76.5. The summed E-state index contributed by atoms with van der Waals surface area (Å²) in [7, 11) is 0. The molecule has 141 heavy (non-hydrogen) atoms. The predicted molar refractivity (Wildman–Crippen MR) is 566 cm³/mol. The maximum absolute atomic E-state index is 13.5. The van der Waals surface area contributed by atoms with Gasteiger partial charge in [0.05, 0.1) is 79.7 Å². The standard InChI is InChI=1S/C28H30BrN3O5S.2C26H35BrN4O3S.C26H32N2O4S/c1-28(2,3)38(35)32-15-19-13-21(27(34)30-14-17-7-8-23-24(11-17)37-16-36-23)31-26(25(19)22(32)9-10-33)18-5-4-6-20(29)12-18;2*1-5-30-11-9-20(16-30)28-25(33)21-14-18-15-31(35(34)26(2,3)4)22(10-12-32)23(18)24(29-21)17-7-6-8-19(27)13-17;1-6-8-10-18-11-9-12-19(15-18)24-23-20(16-21(27-24)25(30)32-7-2)17-28(22(23)13-14-29)33(31)26(3,4)5/h4-8,11-13,22,33H,9-10,14-16H2,1-3H3,(H,30,34);2*6-8,13-14,20,22,32H,5,9-12,15-16H2,1-4H3,(H,28,33);9,11-12,15-16,22,29H,6-7,13-14,17H2,1-5H3/t22-,38?;2*20-,22-,35?;22-,33?/m0101/s1. The van der Waals surface area contributed by atoms with Crippen molar-refractivity contribution in [3.8, 4) is 68.4 Å². The molecule has 7 N–H and O–H groups in total. The number of likely N-dealkylation sites (tertiary alicyclic amines) is 2. The third-order valence-corrected chi connectivity index (χ3v) is 34.1. The maximum atomic E-state index is 13.5. The Morgan fingerprint density at radius 1 is 0.447 bits per heavy atom. The summed E-state index contributed by atoms with van der Waals surface area (Å²) in [6.07, 6.45) is 4.32. The lowest BCUT2D eigenvalue weighted by Gasteiger charge is -2.33. The number of amides is 3. The molecule has 7 aliphatic heterocycles. The number of carbonyl (C=O) groups is 4. The summed E-state index contributed by atoms with van der Waals surface area (Å²) >= 11 is 5.45. The van der Waals surface area contributed by atoms with Gasteiger partial charge in [-0.25, -0.2) is 24.7 Å². The third kappa shape index (κ3) is 26.7. The number of aliphatic hydroxyl groups is 4. The van der Waals surface area contributed by atoms with Crippen LogP contribution in [0, 0.1) is 11.8 Å². The van der Waals surface area contributed by atoms with E-state index < -0.39 is 70.4 Å². The minimum atomic E-state index is -1.32. The van der Waals surface area contributed by atoms with Gasteiger partial charge in [0.2, 0.25) is 6.79 Å². The highest BCUT2D eigenvalue weighted by molar-refractivity contribution is 9.11. The summed E-state index contributed by atoms with van der Waals surface area (Å²) in [5.41, 5.74) is 16.5. The Kier molecular flexibility index (Phi) is 38.0. The topological polar surface area (TPSA) is 376 Å². The van der Waals surface area contributed by atoms with Gasteiger partial charge in [-0.1, -0.05) is 135 Å². The number of carbonyl (C=O) groups excluding carboxylic acids is 4. The number of pyridine rings is 4. The largest absolute Gasteiger partial charge is 0.597 e. The van der Waals surface area contributed by atoms with E-state index in [9.17, 15) is 57.8 Å². The molecule has 10 atom stereocenters. The Bertz CT molecular complexity index is 5850. The highest BCUT2D eigenvalue weighted by atomic mass is 79.9. The Balaban J connectivity index is 0.000000158. The highest BCUT2D eigenvalue weighted by Gasteiger charge is 2.51. The van der Waals surface area contributed by atoms with Gasteiger partial charge in [0, 0.05) is 187 Å². The number of nitrogens with zero attached hydrogens (tertiary/aromatic N) is 10. The van der Waals surface area contributed by atoms with Crippen molar-refractivity contribution in [2.45, 2.75) is 244 Å². The lowest BCUT2D eigenvalue weighted by Crippen LogP contribution is -2.42. The maximum Gasteiger partial charge on any atom is 0.356 e. The van der Waals surface area contributed by atoms with E-state index in [0.29, 0.717) is 104 Å². The van der Waals surface area contributed by atoms with Gasteiger partial charge in [-0.3, -0.25) is 14.4 Å². The number of likely N-dealkylation sites (N-methyl/N-ethyl adjacent to an activating group) is 2. The molecule has 4 aromatic heterocycles. The van der Waals surface area contributed by atoms with E-state index in [1.54, 1.807) is 19.1 Å². The molecule has 756 valence electrons. The van der Waals surface area contributed by atoms with Crippen LogP contribution in [-0.4, -0.2) is 219 Å². The van der Waals surface area contributed by atoms with Crippen LogP contribution in [0.1, 0.15) is 277 Å². The molecule has 16 rings (SSSR count). The van der Waals surface area contributed by atoms with E-state index in [0.717, 1.165) is 150 Å². The molecule has 4 unspecified atom stereocenters. The average molecular weight is 2200 g/mol. The van der Waals surface area contributed by atoms with Crippen molar-refractivity contribution in [3.05, 3.63) is 231 Å². The zero-order valence-corrected chi connectivity index (χ0v) is 91.3. The van der Waals surface area contributed by atoms with Crippen molar-refractivity contribution in [3.63, 3.8) is 0 Å². The molecule has 3 amide bonds. The molecule has 7 aliphatic rings. The summed E-state index contributed by atoms with van der Waals surface area (Å²) < 4.78 is 78.4. The second kappa shape index (κ2) is 48.6. The van der Waals surface area contributed by atoms with Crippen molar-refractivity contribution < 1.29 is 72.0 Å². The first-order valence-electron chi connectivity index (χ1n) is 48.2. The molecule has 0 radical (unpaired) electrons. The predicted octanol–water partition coefficient (Wildman–Crippen LogP) is 17.3. The summed E-state index contributed by atoms with van der Waals surface area (Å²) in [5, 5.41) is 48.8. The molecule has 0 spiro atoms. The van der Waals surface area contributed by atoms with Crippen LogP contribution in [0.2, 0.25) is 0 Å². The lowest BCUT2D eigenvalue weighted by atomic mass is 9.95. The van der Waals surface area contributed by atoms with Crippen molar-refractivity contribution in [1.29, 1.82) is 0 Å². The summed E-state index contributed by atoms with van der Waals surface area (Å²) in [6.45, 7) is 39.2. The molecule has 5 aromatic carbocycles. The number of aromatic nitrogens is 4. The molecule has 35 heteroatoms. The number of hydrogen-bond donors (Lipinski definition) is 7. The molecule has 0 saturated carbocycles. The van der Waals surface area contributed by atoms with Gasteiger partial charge in [-0.2, -0.15) is 0 Å². The number of benzene rings is 5. The van der Waals surface area contributed by atoms with E-state index in [1.165, 1.54) is 0 Å². The van der Waals surface area contributed by atoms with Crippen LogP contribution in [0.3, 0.4) is 0 Å². The van der Waals surface area contributed by atoms with E-state index in [1.807, 2.05) is 235 Å². The first kappa shape index (κ1) is 110. The van der Waals surface area contributed by atoms with Crippen LogP contribution in [-0.2, 0) is 82.9 Å². The minimum Gasteiger partial charge on any atom is -0.597 e. The number of hydrogen-bond acceptors (Lipinski definition) is 25. The zero-order valence-electron chi connectivity index (χ0n) is 83.2. The van der Waals surface area contributed by atoms with Crippen molar-refractivity contribution in [2.24, 2.45) is 0 Å². The zero-order chi connectivity index (χ0) is 102. The van der Waals surface area contributed by atoms with Crippen LogP contribution >= 0.6 is 47.8 Å². The highest BCUT2D eigenvalue weighted by Crippen LogP contribution is 2.51. The second-order valence-electron chi connectivity index (χ2n) is 39.6. The van der Waals surface area contributed by atoms with Crippen LogP contribution in [0.15, 0.2) is 153 Å². The molecule has 2 fully saturated rings. The minimum absolute atomic E-state index is 0.0300. The number of halogens is 3. The van der Waals surface area contributed by atoms with E-state index in [4.69, 9.17) is 34.1 Å². The second-order valence-corrected chi connectivity index (χ2v) is 51.2. The van der Waals surface area contributed by atoms with E-state index >= 15 is 0 Å². The summed E-state index contributed by atoms with van der Waals surface area (Å²) in [6, 6.07) is 43.2. The van der Waals surface area contributed by atoms with Gasteiger partial charge >= 0.3 is 5.97 Å². The SMILES string of the molecule is CC(C)(C)[S+]([O-])N1Cc2cc(C(=O)NCc3ccc4c(c3)OCO4)nc(-c3cccc(Br)c3)c2[C@@H]1CCO.CCC#Cc1cccc(-c2nc(C(=O)OCC)cc3c2[C@@H](CCO)N([S+]([O-])C(C)(C)C)C3)c1.CCN1CC[C@@H](NC(=O)c2cc3c(c(-c4cccc(Br)c4)n2)[C@@H](CCO)N([S+]([O-])C(C)(C)C)C3)C1.CCN1CC[C@H](NC(=O)c2cc3c(c(-c4cccc(Br)c4)n2)[C@H](CCO)N([S+]([O-])C(C)(C)C)C3)C1. The normalized spacial score (nSPS) is 19.4.